The maximum Gasteiger partial charge on any atom is 0.405 e. The fourth-order valence-corrected chi connectivity index (χ4v) is 4.46. The van der Waals surface area contributed by atoms with Crippen LogP contribution in [0.2, 0.25) is 0 Å². The summed E-state index contributed by atoms with van der Waals surface area (Å²) >= 11 is 0. The van der Waals surface area contributed by atoms with Crippen LogP contribution in [0, 0.1) is 0 Å². The molecule has 0 unspecified atom stereocenters. The number of pyridine rings is 1. The monoisotopic (exact) mass is 442 g/mol. The van der Waals surface area contributed by atoms with Gasteiger partial charge in [0.1, 0.15) is 0 Å². The number of amides is 2. The van der Waals surface area contributed by atoms with E-state index in [1.807, 2.05) is 6.07 Å². The number of anilines is 3. The Bertz CT molecular complexity index is 1250. The van der Waals surface area contributed by atoms with Crippen LogP contribution in [0.5, 0.6) is 0 Å². The number of hydrogen-bond donors (Lipinski definition) is 3. The van der Waals surface area contributed by atoms with E-state index in [2.05, 4.69) is 15.6 Å². The van der Waals surface area contributed by atoms with E-state index in [1.165, 1.54) is 4.90 Å². The summed E-state index contributed by atoms with van der Waals surface area (Å²) in [6, 6.07) is 17.6. The number of Topliss-reactive ketones (excluding diaryl/α,β-unsaturated/α-hetero) is 1. The number of rotatable bonds is 5. The van der Waals surface area contributed by atoms with E-state index in [1.54, 1.807) is 60.8 Å². The molecule has 8 heteroatoms. The highest BCUT2D eigenvalue weighted by Gasteiger charge is 2.40. The summed E-state index contributed by atoms with van der Waals surface area (Å²) in [6.45, 7) is -0.147. The zero-order valence-corrected chi connectivity index (χ0v) is 17.7. The third-order valence-corrected chi connectivity index (χ3v) is 6.35. The molecule has 1 fully saturated rings. The Labute approximate surface area is 190 Å². The lowest BCUT2D eigenvalue weighted by Crippen LogP contribution is -2.50. The molecular formula is C25H22N4O4. The lowest BCUT2D eigenvalue weighted by Gasteiger charge is -2.42. The highest BCUT2D eigenvalue weighted by atomic mass is 16.4. The molecule has 2 amide bonds. The second-order valence-corrected chi connectivity index (χ2v) is 8.30. The van der Waals surface area contributed by atoms with Crippen molar-refractivity contribution in [1.29, 1.82) is 0 Å². The topological polar surface area (TPSA) is 112 Å². The van der Waals surface area contributed by atoms with Crippen molar-refractivity contribution in [2.75, 3.05) is 16.8 Å². The Kier molecular flexibility index (Phi) is 5.05. The Morgan fingerprint density at radius 2 is 1.82 bits per heavy atom. The maximum absolute atomic E-state index is 13.3. The van der Waals surface area contributed by atoms with Gasteiger partial charge in [-0.3, -0.25) is 14.5 Å². The van der Waals surface area contributed by atoms with Crippen molar-refractivity contribution in [1.82, 2.24) is 10.3 Å². The first-order chi connectivity index (χ1) is 16.0. The number of fused-ring (bicyclic) bond motifs is 2. The molecule has 0 radical (unpaired) electrons. The number of hydrogen-bond acceptors (Lipinski definition) is 5. The van der Waals surface area contributed by atoms with Gasteiger partial charge in [0.05, 0.1) is 29.0 Å². The molecule has 0 atom stereocenters. The number of aromatic nitrogens is 1. The van der Waals surface area contributed by atoms with Gasteiger partial charge in [-0.15, -0.1) is 0 Å². The van der Waals surface area contributed by atoms with Crippen LogP contribution < -0.4 is 15.5 Å². The van der Waals surface area contributed by atoms with Crippen molar-refractivity contribution in [3.05, 3.63) is 83.6 Å². The SMILES string of the molecule is O=C(O)NC1(c2ccc(C(=O)CN3C(=O)c4ccccc4Nc4ncccc43)cc2)CCC1. The molecular weight excluding hydrogens is 420 g/mol. The predicted molar refractivity (Wildman–Crippen MR) is 123 cm³/mol. The average molecular weight is 442 g/mol. The van der Waals surface area contributed by atoms with E-state index in [9.17, 15) is 19.5 Å². The molecule has 1 aromatic heterocycles. The molecule has 8 nitrogen and oxygen atoms in total. The third kappa shape index (κ3) is 3.69. The van der Waals surface area contributed by atoms with E-state index in [-0.39, 0.29) is 18.2 Å². The van der Waals surface area contributed by atoms with Crippen molar-refractivity contribution in [2.45, 2.75) is 24.8 Å². The lowest BCUT2D eigenvalue weighted by molar-refractivity contribution is 0.0937. The number of benzene rings is 2. The van der Waals surface area contributed by atoms with Crippen LogP contribution in [-0.2, 0) is 5.54 Å². The zero-order valence-electron chi connectivity index (χ0n) is 17.7. The van der Waals surface area contributed by atoms with Crippen molar-refractivity contribution in [3.63, 3.8) is 0 Å². The number of nitrogens with zero attached hydrogens (tertiary/aromatic N) is 2. The predicted octanol–water partition coefficient (Wildman–Crippen LogP) is 4.32. The molecule has 0 spiro atoms. The number of nitrogens with one attached hydrogen (secondary N) is 2. The van der Waals surface area contributed by atoms with Crippen LogP contribution in [0.1, 0.15) is 45.5 Å². The molecule has 33 heavy (non-hydrogen) atoms. The number of carbonyl (C=O) groups is 3. The van der Waals surface area contributed by atoms with Crippen LogP contribution in [0.25, 0.3) is 0 Å². The summed E-state index contributed by atoms with van der Waals surface area (Å²) in [4.78, 5) is 43.5. The fourth-order valence-electron chi connectivity index (χ4n) is 4.46. The Morgan fingerprint density at radius 3 is 2.52 bits per heavy atom. The second kappa shape index (κ2) is 8.05. The van der Waals surface area contributed by atoms with Crippen LogP contribution in [-0.4, -0.2) is 34.4 Å². The minimum absolute atomic E-state index is 0.147. The quantitative estimate of drug-likeness (QED) is 0.508. The van der Waals surface area contributed by atoms with E-state index < -0.39 is 11.6 Å². The zero-order chi connectivity index (χ0) is 23.0. The van der Waals surface area contributed by atoms with Gasteiger partial charge in [-0.2, -0.15) is 0 Å². The van der Waals surface area contributed by atoms with Gasteiger partial charge in [0.2, 0.25) is 0 Å². The molecule has 1 aliphatic carbocycles. The molecule has 5 rings (SSSR count). The summed E-state index contributed by atoms with van der Waals surface area (Å²) in [5.41, 5.74) is 2.33. The van der Waals surface area contributed by atoms with Crippen LogP contribution >= 0.6 is 0 Å². The van der Waals surface area contributed by atoms with Crippen LogP contribution in [0.3, 0.4) is 0 Å². The Hall–Kier alpha value is -4.20. The van der Waals surface area contributed by atoms with Crippen molar-refractivity contribution < 1.29 is 19.5 Å². The number of ketones is 1. The highest BCUT2D eigenvalue weighted by molar-refractivity contribution is 6.16. The lowest BCUT2D eigenvalue weighted by atomic mass is 9.72. The Morgan fingerprint density at radius 1 is 1.06 bits per heavy atom. The Balaban J connectivity index is 1.42. The minimum atomic E-state index is -1.06. The van der Waals surface area contributed by atoms with E-state index in [0.29, 0.717) is 28.3 Å². The summed E-state index contributed by atoms with van der Waals surface area (Å²) in [7, 11) is 0. The van der Waals surface area contributed by atoms with E-state index >= 15 is 0 Å². The maximum atomic E-state index is 13.3. The first kappa shape index (κ1) is 20.7. The van der Waals surface area contributed by atoms with Gasteiger partial charge in [0, 0.05) is 11.8 Å². The second-order valence-electron chi connectivity index (χ2n) is 8.30. The van der Waals surface area contributed by atoms with Gasteiger partial charge in [-0.1, -0.05) is 36.4 Å². The van der Waals surface area contributed by atoms with Crippen molar-refractivity contribution in [2.24, 2.45) is 0 Å². The average Bonchev–Trinajstić information content (AvgIpc) is 2.91. The van der Waals surface area contributed by atoms with Crippen LogP contribution in [0.4, 0.5) is 22.0 Å². The van der Waals surface area contributed by atoms with Crippen molar-refractivity contribution >= 4 is 35.0 Å². The molecule has 1 saturated carbocycles. The molecule has 166 valence electrons. The molecule has 2 heterocycles. The first-order valence-electron chi connectivity index (χ1n) is 10.7. The molecule has 1 aliphatic heterocycles. The molecule has 0 bridgehead atoms. The number of carbonyl (C=O) groups excluding carboxylic acids is 2. The first-order valence-corrected chi connectivity index (χ1v) is 10.7. The summed E-state index contributed by atoms with van der Waals surface area (Å²) < 4.78 is 0. The molecule has 0 saturated heterocycles. The van der Waals surface area contributed by atoms with Gasteiger partial charge < -0.3 is 15.7 Å². The molecule has 3 N–H and O–H groups in total. The van der Waals surface area contributed by atoms with E-state index in [4.69, 9.17) is 0 Å². The van der Waals surface area contributed by atoms with Crippen molar-refractivity contribution in [3.8, 4) is 0 Å². The summed E-state index contributed by atoms with van der Waals surface area (Å²) in [5.74, 6) is -0.00236. The summed E-state index contributed by atoms with van der Waals surface area (Å²) in [5, 5.41) is 15.0. The minimum Gasteiger partial charge on any atom is -0.465 e. The van der Waals surface area contributed by atoms with Gasteiger partial charge in [-0.25, -0.2) is 9.78 Å². The summed E-state index contributed by atoms with van der Waals surface area (Å²) in [6.07, 6.45) is 2.97. The van der Waals surface area contributed by atoms with E-state index in [0.717, 1.165) is 24.8 Å². The molecule has 3 aromatic rings. The van der Waals surface area contributed by atoms with Gasteiger partial charge in [-0.05, 0) is 49.1 Å². The third-order valence-electron chi connectivity index (χ3n) is 6.35. The van der Waals surface area contributed by atoms with Crippen LogP contribution in [0.15, 0.2) is 66.9 Å². The highest BCUT2D eigenvalue weighted by Crippen LogP contribution is 2.41. The largest absolute Gasteiger partial charge is 0.465 e. The smallest absolute Gasteiger partial charge is 0.405 e. The normalized spacial score (nSPS) is 15.9. The molecule has 2 aromatic carbocycles. The standard InChI is InChI=1S/C25H22N4O4/c30-21(16-8-10-17(11-9-16)25(12-4-13-25)28-24(32)33)15-29-20-7-3-14-26-22(20)27-19-6-2-1-5-18(19)23(29)31/h1-3,5-11,14,28H,4,12-13,15H2,(H,26,27)(H,32,33). The van der Waals surface area contributed by atoms with Gasteiger partial charge >= 0.3 is 6.09 Å². The van der Waals surface area contributed by atoms with Gasteiger partial charge in [0.25, 0.3) is 5.91 Å². The van der Waals surface area contributed by atoms with Gasteiger partial charge in [0.15, 0.2) is 11.6 Å². The number of para-hydroxylation sites is 1. The number of carboxylic acid groups (broad SMARTS) is 1. The molecule has 2 aliphatic rings. The fraction of sp³-hybridized carbons (Fsp3) is 0.200.